The van der Waals surface area contributed by atoms with Crippen LogP contribution in [0.1, 0.15) is 51.1 Å². The maximum absolute atomic E-state index is 10.3. The molecule has 2 aromatic heterocycles. The van der Waals surface area contributed by atoms with Gasteiger partial charge in [-0.25, -0.2) is 14.8 Å². The zero-order valence-electron chi connectivity index (χ0n) is 21.1. The molecule has 0 aromatic carbocycles. The molecule has 1 aliphatic rings. The summed E-state index contributed by atoms with van der Waals surface area (Å²) in [5.41, 5.74) is -1.41. The Morgan fingerprint density at radius 2 is 1.84 bits per heavy atom. The van der Waals surface area contributed by atoms with Crippen LogP contribution in [0.2, 0.25) is 0 Å². The molecule has 0 saturated heterocycles. The van der Waals surface area contributed by atoms with Crippen LogP contribution >= 0.6 is 0 Å². The van der Waals surface area contributed by atoms with Gasteiger partial charge in [-0.2, -0.15) is 0 Å². The van der Waals surface area contributed by atoms with Crippen LogP contribution in [0.4, 0.5) is 0 Å². The molecule has 4 N–H and O–H groups in total. The van der Waals surface area contributed by atoms with Gasteiger partial charge in [0.2, 0.25) is 0 Å². The fourth-order valence-corrected chi connectivity index (χ4v) is 4.23. The molecule has 3 rings (SSSR count). The monoisotopic (exact) mass is 519 g/mol. The maximum atomic E-state index is 10.3. The van der Waals surface area contributed by atoms with Crippen LogP contribution in [-0.2, 0) is 34.0 Å². The molecule has 0 bridgehead atoms. The number of hydrogen-bond acceptors (Lipinski definition) is 7. The van der Waals surface area contributed by atoms with Crippen molar-refractivity contribution in [2.75, 3.05) is 13.1 Å². The first kappa shape index (κ1) is 29.7. The summed E-state index contributed by atoms with van der Waals surface area (Å²) in [6, 6.07) is 0. The van der Waals surface area contributed by atoms with Crippen LogP contribution in [-0.4, -0.2) is 81.0 Å². The molecule has 0 spiro atoms. The smallest absolute Gasteiger partial charge is 0.336 e. The number of nitrogens with zero attached hydrogens (tertiary/aromatic N) is 5. The Balaban J connectivity index is 0.000000317. The van der Waals surface area contributed by atoms with E-state index < -0.39 is 36.4 Å². The third kappa shape index (κ3) is 10.6. The van der Waals surface area contributed by atoms with Gasteiger partial charge in [0.1, 0.15) is 0 Å². The van der Waals surface area contributed by atoms with E-state index in [1.54, 1.807) is 0 Å². The molecular weight excluding hydrogens is 482 g/mol. The number of carboxylic acid groups (broad SMARTS) is 3. The van der Waals surface area contributed by atoms with Crippen molar-refractivity contribution in [3.63, 3.8) is 0 Å². The Hall–Kier alpha value is -3.51. The zero-order chi connectivity index (χ0) is 27.3. The summed E-state index contributed by atoms with van der Waals surface area (Å²) in [4.78, 5) is 41.6. The third-order valence-corrected chi connectivity index (χ3v) is 6.15. The van der Waals surface area contributed by atoms with Crippen molar-refractivity contribution in [1.29, 1.82) is 0 Å². The number of aromatic nitrogens is 4. The Bertz CT molecular complexity index is 1000. The highest BCUT2D eigenvalue weighted by molar-refractivity contribution is 5.88. The van der Waals surface area contributed by atoms with Gasteiger partial charge >= 0.3 is 17.9 Å². The minimum Gasteiger partial charge on any atom is -0.481 e. The number of aliphatic hydroxyl groups is 1. The van der Waals surface area contributed by atoms with Gasteiger partial charge in [0.05, 0.1) is 31.2 Å². The lowest BCUT2D eigenvalue weighted by molar-refractivity contribution is -0.170. The summed E-state index contributed by atoms with van der Waals surface area (Å²) < 4.78 is 4.42. The molecule has 0 radical (unpaired) electrons. The summed E-state index contributed by atoms with van der Waals surface area (Å²) in [7, 11) is 0. The van der Waals surface area contributed by atoms with Crippen molar-refractivity contribution in [1.82, 2.24) is 24.0 Å². The summed E-state index contributed by atoms with van der Waals surface area (Å²) in [6.07, 6.45) is 17.1. The van der Waals surface area contributed by atoms with E-state index in [9.17, 15) is 14.4 Å². The van der Waals surface area contributed by atoms with Crippen LogP contribution in [0.5, 0.6) is 0 Å². The highest BCUT2D eigenvalue weighted by Crippen LogP contribution is 2.20. The topological polar surface area (TPSA) is 171 Å². The van der Waals surface area contributed by atoms with Crippen LogP contribution in [0.15, 0.2) is 43.4 Å². The van der Waals surface area contributed by atoms with E-state index in [1.807, 2.05) is 31.2 Å². The molecule has 0 amide bonds. The first-order valence-corrected chi connectivity index (χ1v) is 12.3. The number of allylic oxidation sites excluding steroid dienone is 2. The SMILES string of the molecule is CCn1cncc1CN(CCCn1ccnc1)CC1CC=CCC1.O=C(O)CC(O)(CC(=O)O)C(=O)O. The molecule has 37 heavy (non-hydrogen) atoms. The second-order valence-electron chi connectivity index (χ2n) is 9.19. The molecule has 1 aliphatic carbocycles. The Morgan fingerprint density at radius 3 is 2.38 bits per heavy atom. The lowest BCUT2D eigenvalue weighted by Gasteiger charge is -2.28. The minimum absolute atomic E-state index is 0.793. The predicted octanol–water partition coefficient (Wildman–Crippen LogP) is 2.10. The minimum atomic E-state index is -2.74. The number of carboxylic acids is 3. The van der Waals surface area contributed by atoms with Crippen molar-refractivity contribution in [2.45, 2.75) is 70.7 Å². The molecule has 0 aliphatic heterocycles. The lowest BCUT2D eigenvalue weighted by atomic mass is 9.94. The van der Waals surface area contributed by atoms with E-state index in [-0.39, 0.29) is 0 Å². The molecule has 12 heteroatoms. The van der Waals surface area contributed by atoms with Gasteiger partial charge in [-0.15, -0.1) is 0 Å². The Labute approximate surface area is 215 Å². The van der Waals surface area contributed by atoms with E-state index in [0.717, 1.165) is 38.5 Å². The van der Waals surface area contributed by atoms with Crippen LogP contribution in [0.25, 0.3) is 0 Å². The average molecular weight is 520 g/mol. The lowest BCUT2D eigenvalue weighted by Crippen LogP contribution is -2.42. The molecule has 12 nitrogen and oxygen atoms in total. The normalized spacial score (nSPS) is 15.3. The molecule has 0 fully saturated rings. The first-order chi connectivity index (χ1) is 17.6. The number of rotatable bonds is 14. The Morgan fingerprint density at radius 1 is 1.11 bits per heavy atom. The number of imidazole rings is 2. The largest absolute Gasteiger partial charge is 0.481 e. The standard InChI is InChI=1S/C19H29N5.C6H8O7/c1-2-24-17-21-13-19(24)15-23(14-18-7-4-3-5-8-18)11-6-10-22-12-9-20-16-22;7-3(8)1-6(13,5(11)12)2-4(9)10/h3-4,9,12-13,16-18H,2,5-8,10-11,14-15H2,1H3;13H,1-2H2,(H,7,8)(H,9,10)(H,11,12). The average Bonchev–Trinajstić information content (AvgIpc) is 3.51. The molecular formula is C25H37N5O7. The summed E-state index contributed by atoms with van der Waals surface area (Å²) in [6.45, 7) is 7.51. The van der Waals surface area contributed by atoms with Crippen LogP contribution < -0.4 is 0 Å². The summed E-state index contributed by atoms with van der Waals surface area (Å²) in [5.74, 6) is -4.23. The van der Waals surface area contributed by atoms with Gasteiger partial charge < -0.3 is 29.6 Å². The first-order valence-electron chi connectivity index (χ1n) is 12.3. The molecule has 1 unspecified atom stereocenters. The van der Waals surface area contributed by atoms with Crippen molar-refractivity contribution >= 4 is 17.9 Å². The van der Waals surface area contributed by atoms with Gasteiger partial charge in [0.25, 0.3) is 0 Å². The molecule has 2 heterocycles. The second kappa shape index (κ2) is 14.9. The van der Waals surface area contributed by atoms with E-state index >= 15 is 0 Å². The molecule has 2 aromatic rings. The highest BCUT2D eigenvalue weighted by Gasteiger charge is 2.40. The van der Waals surface area contributed by atoms with E-state index in [1.165, 1.54) is 31.5 Å². The van der Waals surface area contributed by atoms with Gasteiger partial charge in [0, 0.05) is 51.3 Å². The predicted molar refractivity (Wildman–Crippen MR) is 134 cm³/mol. The summed E-state index contributed by atoms with van der Waals surface area (Å²) in [5, 5.41) is 33.8. The number of hydrogen-bond donors (Lipinski definition) is 4. The van der Waals surface area contributed by atoms with Crippen molar-refractivity contribution in [3.05, 3.63) is 49.1 Å². The number of carbonyl (C=O) groups is 3. The van der Waals surface area contributed by atoms with Gasteiger partial charge in [0.15, 0.2) is 5.60 Å². The maximum Gasteiger partial charge on any atom is 0.336 e. The van der Waals surface area contributed by atoms with Crippen LogP contribution in [0.3, 0.4) is 0 Å². The van der Waals surface area contributed by atoms with Crippen LogP contribution in [0, 0.1) is 5.92 Å². The number of aryl methyl sites for hydroxylation is 2. The second-order valence-corrected chi connectivity index (χ2v) is 9.19. The van der Waals surface area contributed by atoms with E-state index in [0.29, 0.717) is 0 Å². The summed E-state index contributed by atoms with van der Waals surface area (Å²) >= 11 is 0. The number of aliphatic carboxylic acids is 3. The molecule has 1 atom stereocenters. The molecule has 0 saturated carbocycles. The molecule has 204 valence electrons. The van der Waals surface area contributed by atoms with Gasteiger partial charge in [-0.1, -0.05) is 12.2 Å². The van der Waals surface area contributed by atoms with E-state index in [2.05, 4.69) is 43.1 Å². The third-order valence-electron chi connectivity index (χ3n) is 6.15. The van der Waals surface area contributed by atoms with Gasteiger partial charge in [-0.05, 0) is 38.5 Å². The zero-order valence-corrected chi connectivity index (χ0v) is 21.1. The van der Waals surface area contributed by atoms with Crippen molar-refractivity contribution in [3.8, 4) is 0 Å². The Kier molecular flexibility index (Phi) is 12.0. The quantitative estimate of drug-likeness (QED) is 0.271. The highest BCUT2D eigenvalue weighted by atomic mass is 16.4. The fourth-order valence-electron chi connectivity index (χ4n) is 4.23. The van der Waals surface area contributed by atoms with Gasteiger partial charge in [-0.3, -0.25) is 14.5 Å². The van der Waals surface area contributed by atoms with Crippen molar-refractivity contribution < 1.29 is 34.8 Å². The van der Waals surface area contributed by atoms with Crippen molar-refractivity contribution in [2.24, 2.45) is 5.92 Å². The fraction of sp³-hybridized carbons (Fsp3) is 0.560. The van der Waals surface area contributed by atoms with E-state index in [4.69, 9.17) is 20.4 Å².